The number of thioether (sulfide) groups is 1. The molecule has 0 unspecified atom stereocenters. The van der Waals surface area contributed by atoms with Crippen LogP contribution in [-0.2, 0) is 0 Å². The van der Waals surface area contributed by atoms with Gasteiger partial charge in [-0.3, -0.25) is 0 Å². The Morgan fingerprint density at radius 2 is 1.87 bits per heavy atom. The molecule has 3 aromatic rings. The highest BCUT2D eigenvalue weighted by molar-refractivity contribution is 8.01. The molecule has 1 heterocycles. The fraction of sp³-hybridized carbons (Fsp3) is 0.118. The molecule has 2 aromatic carbocycles. The summed E-state index contributed by atoms with van der Waals surface area (Å²) in [5.41, 5.74) is 0. The van der Waals surface area contributed by atoms with E-state index in [1.54, 1.807) is 53.6 Å². The molecule has 3 nitrogen and oxygen atoms in total. The molecule has 23 heavy (non-hydrogen) atoms. The number of hydrogen-bond donors (Lipinski definition) is 0. The normalized spacial score (nSPS) is 10.5. The lowest BCUT2D eigenvalue weighted by atomic mass is 10.3. The Hall–Kier alpha value is -2.05. The fourth-order valence-corrected chi connectivity index (χ4v) is 3.37. The van der Waals surface area contributed by atoms with Gasteiger partial charge in [0.2, 0.25) is 0 Å². The molecule has 0 bridgehead atoms. The van der Waals surface area contributed by atoms with E-state index >= 15 is 0 Å². The predicted molar refractivity (Wildman–Crippen MR) is 91.2 cm³/mol. The van der Waals surface area contributed by atoms with Crippen molar-refractivity contribution in [3.05, 3.63) is 65.9 Å². The first-order valence-corrected chi connectivity index (χ1v) is 8.85. The Labute approximate surface area is 142 Å². The molecule has 0 fully saturated rings. The number of nitrogens with zero attached hydrogens (tertiary/aromatic N) is 1. The molecule has 0 radical (unpaired) electrons. The van der Waals surface area contributed by atoms with Gasteiger partial charge in [0.1, 0.15) is 27.4 Å². The highest BCUT2D eigenvalue weighted by atomic mass is 32.2. The summed E-state index contributed by atoms with van der Waals surface area (Å²) in [6.45, 7) is 0.606. The largest absolute Gasteiger partial charge is 0.493 e. The fourth-order valence-electron chi connectivity index (χ4n) is 1.84. The highest BCUT2D eigenvalue weighted by Crippen LogP contribution is 2.25. The maximum atomic E-state index is 13.1. The molecular formula is C17H14FNO2S2. The second-order valence-electron chi connectivity index (χ2n) is 4.53. The smallest absolute Gasteiger partial charge is 0.149 e. The van der Waals surface area contributed by atoms with E-state index < -0.39 is 0 Å². The van der Waals surface area contributed by atoms with E-state index in [4.69, 9.17) is 9.47 Å². The van der Waals surface area contributed by atoms with Gasteiger partial charge >= 0.3 is 0 Å². The zero-order valence-electron chi connectivity index (χ0n) is 12.1. The van der Waals surface area contributed by atoms with Crippen LogP contribution in [-0.4, -0.2) is 17.3 Å². The minimum absolute atomic E-state index is 0.319. The van der Waals surface area contributed by atoms with Gasteiger partial charge in [-0.15, -0.1) is 11.3 Å². The van der Waals surface area contributed by atoms with E-state index in [0.717, 1.165) is 15.8 Å². The number of aromatic nitrogens is 1. The Morgan fingerprint density at radius 1 is 1.04 bits per heavy atom. The average molecular weight is 347 g/mol. The van der Waals surface area contributed by atoms with Crippen molar-refractivity contribution in [2.24, 2.45) is 0 Å². The summed E-state index contributed by atoms with van der Waals surface area (Å²) in [4.78, 5) is 4.20. The first kappa shape index (κ1) is 15.8. The predicted octanol–water partition coefficient (Wildman–Crippen LogP) is 5.25. The van der Waals surface area contributed by atoms with Crippen molar-refractivity contribution in [2.75, 3.05) is 12.4 Å². The molecule has 0 aliphatic rings. The minimum Gasteiger partial charge on any atom is -0.493 e. The topological polar surface area (TPSA) is 31.4 Å². The lowest BCUT2D eigenvalue weighted by Gasteiger charge is -2.08. The Kier molecular flexibility index (Phi) is 5.50. The van der Waals surface area contributed by atoms with Crippen LogP contribution in [0.3, 0.4) is 0 Å². The molecule has 0 atom stereocenters. The zero-order chi connectivity index (χ0) is 15.9. The van der Waals surface area contributed by atoms with Crippen molar-refractivity contribution >= 4 is 23.1 Å². The van der Waals surface area contributed by atoms with Crippen LogP contribution in [0.2, 0.25) is 0 Å². The molecule has 0 saturated carbocycles. The third-order valence-corrected chi connectivity index (χ3v) is 4.77. The summed E-state index contributed by atoms with van der Waals surface area (Å²) < 4.78 is 25.4. The SMILES string of the molecule is Fc1cccc(Oc2ccc(OCCSc3nccs3)cc2)c1. The van der Waals surface area contributed by atoms with Crippen molar-refractivity contribution in [3.63, 3.8) is 0 Å². The maximum absolute atomic E-state index is 13.1. The Balaban J connectivity index is 1.47. The third kappa shape index (κ3) is 4.97. The summed E-state index contributed by atoms with van der Waals surface area (Å²) >= 11 is 3.30. The molecule has 0 aliphatic carbocycles. The summed E-state index contributed by atoms with van der Waals surface area (Å²) in [7, 11) is 0. The van der Waals surface area contributed by atoms with Crippen molar-refractivity contribution < 1.29 is 13.9 Å². The number of ether oxygens (including phenoxy) is 2. The monoisotopic (exact) mass is 347 g/mol. The Bertz CT molecular complexity index is 733. The van der Waals surface area contributed by atoms with Crippen LogP contribution in [0.15, 0.2) is 64.4 Å². The van der Waals surface area contributed by atoms with Gasteiger partial charge in [-0.1, -0.05) is 17.8 Å². The summed E-state index contributed by atoms with van der Waals surface area (Å²) in [6.07, 6.45) is 1.80. The molecule has 3 rings (SSSR count). The van der Waals surface area contributed by atoms with Crippen LogP contribution >= 0.6 is 23.1 Å². The summed E-state index contributed by atoms with van der Waals surface area (Å²) in [6, 6.07) is 13.3. The first-order valence-electron chi connectivity index (χ1n) is 6.98. The van der Waals surface area contributed by atoms with Gasteiger partial charge in [-0.25, -0.2) is 9.37 Å². The molecule has 6 heteroatoms. The number of thiazole rings is 1. The molecule has 0 aliphatic heterocycles. The van der Waals surface area contributed by atoms with E-state index in [-0.39, 0.29) is 5.82 Å². The number of hydrogen-bond acceptors (Lipinski definition) is 5. The van der Waals surface area contributed by atoms with Crippen molar-refractivity contribution in [3.8, 4) is 17.2 Å². The lowest BCUT2D eigenvalue weighted by Crippen LogP contribution is -1.99. The van der Waals surface area contributed by atoms with Gasteiger partial charge in [0.25, 0.3) is 0 Å². The summed E-state index contributed by atoms with van der Waals surface area (Å²) in [5, 5.41) is 1.96. The number of halogens is 1. The maximum Gasteiger partial charge on any atom is 0.149 e. The molecule has 0 amide bonds. The van der Waals surface area contributed by atoms with Crippen molar-refractivity contribution in [1.29, 1.82) is 0 Å². The van der Waals surface area contributed by atoms with Gasteiger partial charge in [-0.05, 0) is 36.4 Å². The van der Waals surface area contributed by atoms with Gasteiger partial charge in [0.05, 0.1) is 6.61 Å². The highest BCUT2D eigenvalue weighted by Gasteiger charge is 2.01. The minimum atomic E-state index is -0.319. The van der Waals surface area contributed by atoms with Gasteiger partial charge in [0, 0.05) is 23.4 Å². The second kappa shape index (κ2) is 7.99. The molecule has 0 N–H and O–H groups in total. The lowest BCUT2D eigenvalue weighted by molar-refractivity contribution is 0.343. The third-order valence-electron chi connectivity index (χ3n) is 2.84. The van der Waals surface area contributed by atoms with Gasteiger partial charge in [0.15, 0.2) is 0 Å². The van der Waals surface area contributed by atoms with Crippen LogP contribution in [0.5, 0.6) is 17.2 Å². The van der Waals surface area contributed by atoms with Crippen LogP contribution < -0.4 is 9.47 Å². The molecule has 0 saturated heterocycles. The molecule has 1 aromatic heterocycles. The Morgan fingerprint density at radius 3 is 2.61 bits per heavy atom. The van der Waals surface area contributed by atoms with E-state index in [0.29, 0.717) is 18.1 Å². The number of rotatable bonds is 7. The van der Waals surface area contributed by atoms with E-state index in [2.05, 4.69) is 4.98 Å². The van der Waals surface area contributed by atoms with E-state index in [1.165, 1.54) is 12.1 Å². The molecule has 0 spiro atoms. The van der Waals surface area contributed by atoms with Crippen LogP contribution in [0.25, 0.3) is 0 Å². The van der Waals surface area contributed by atoms with Crippen molar-refractivity contribution in [2.45, 2.75) is 4.34 Å². The molecular weight excluding hydrogens is 333 g/mol. The van der Waals surface area contributed by atoms with Gasteiger partial charge < -0.3 is 9.47 Å². The van der Waals surface area contributed by atoms with Gasteiger partial charge in [-0.2, -0.15) is 0 Å². The average Bonchev–Trinajstić information content (AvgIpc) is 3.07. The quantitative estimate of drug-likeness (QED) is 0.432. The van der Waals surface area contributed by atoms with E-state index in [9.17, 15) is 4.39 Å². The van der Waals surface area contributed by atoms with Crippen LogP contribution in [0.1, 0.15) is 0 Å². The van der Waals surface area contributed by atoms with E-state index in [1.807, 2.05) is 17.5 Å². The van der Waals surface area contributed by atoms with Crippen LogP contribution in [0.4, 0.5) is 4.39 Å². The molecule has 118 valence electrons. The summed E-state index contributed by atoms with van der Waals surface area (Å²) in [5.74, 6) is 2.41. The zero-order valence-corrected chi connectivity index (χ0v) is 13.8. The van der Waals surface area contributed by atoms with Crippen molar-refractivity contribution in [1.82, 2.24) is 4.98 Å². The second-order valence-corrected chi connectivity index (χ2v) is 6.76. The standard InChI is InChI=1S/C17H14FNO2S2/c18-13-2-1-3-16(12-13)21-15-6-4-14(5-7-15)20-9-11-23-17-19-8-10-22-17/h1-8,10,12H,9,11H2. The number of benzene rings is 2. The van der Waals surface area contributed by atoms with Crippen LogP contribution in [0, 0.1) is 5.82 Å². The first-order chi connectivity index (χ1) is 11.3.